The molecule has 4 aromatic rings. The number of ether oxygens (including phenoxy) is 2. The molecule has 2 aromatic heterocycles. The number of benzene rings is 2. The Morgan fingerprint density at radius 3 is 2.41 bits per heavy atom. The summed E-state index contributed by atoms with van der Waals surface area (Å²) in [5.74, 6) is -0.562. The van der Waals surface area contributed by atoms with Crippen molar-refractivity contribution in [2.24, 2.45) is 0 Å². The predicted octanol–water partition coefficient (Wildman–Crippen LogP) is 4.58. The van der Waals surface area contributed by atoms with E-state index < -0.39 is 18.1 Å². The molecule has 0 saturated carbocycles. The number of aromatic nitrogens is 2. The summed E-state index contributed by atoms with van der Waals surface area (Å²) in [5, 5.41) is 3.60. The number of pyridine rings is 1. The zero-order valence-electron chi connectivity index (χ0n) is 18.8. The van der Waals surface area contributed by atoms with Gasteiger partial charge in [-0.1, -0.05) is 48.5 Å². The number of amides is 1. The number of carbonyl (C=O) groups excluding carboxylic acids is 2. The third kappa shape index (κ3) is 4.12. The van der Waals surface area contributed by atoms with Gasteiger partial charge in [0.1, 0.15) is 18.3 Å². The van der Waals surface area contributed by atoms with Crippen LogP contribution in [0.25, 0.3) is 22.2 Å². The molecule has 0 radical (unpaired) electrons. The van der Waals surface area contributed by atoms with Crippen LogP contribution in [-0.4, -0.2) is 41.3 Å². The average molecular weight is 456 g/mol. The second-order valence-electron chi connectivity index (χ2n) is 8.19. The number of esters is 1. The van der Waals surface area contributed by atoms with E-state index in [-0.39, 0.29) is 25.6 Å². The molecule has 1 atom stereocenters. The molecule has 0 fully saturated rings. The molecule has 2 N–H and O–H groups in total. The topological polar surface area (TPSA) is 93.3 Å². The Hall–Kier alpha value is -4.13. The van der Waals surface area contributed by atoms with Crippen molar-refractivity contribution in [2.75, 3.05) is 13.2 Å². The predicted molar refractivity (Wildman–Crippen MR) is 128 cm³/mol. The average Bonchev–Trinajstić information content (AvgIpc) is 3.41. The maximum atomic E-state index is 12.8. The zero-order chi connectivity index (χ0) is 23.5. The van der Waals surface area contributed by atoms with Gasteiger partial charge in [-0.15, -0.1) is 0 Å². The van der Waals surface area contributed by atoms with Gasteiger partial charge in [0.2, 0.25) is 0 Å². The first-order chi connectivity index (χ1) is 16.7. The number of H-pyrrole nitrogens is 1. The minimum absolute atomic E-state index is 0.0566. The van der Waals surface area contributed by atoms with Gasteiger partial charge in [-0.05, 0) is 46.9 Å². The van der Waals surface area contributed by atoms with Gasteiger partial charge in [0.05, 0.1) is 6.61 Å². The lowest BCUT2D eigenvalue weighted by atomic mass is 9.98. The first-order valence-corrected chi connectivity index (χ1v) is 11.3. The number of carbonyl (C=O) groups is 2. The Kier molecular flexibility index (Phi) is 5.99. The molecule has 0 aliphatic heterocycles. The lowest BCUT2D eigenvalue weighted by Gasteiger charge is -2.19. The van der Waals surface area contributed by atoms with Gasteiger partial charge in [-0.25, -0.2) is 14.6 Å². The molecule has 2 aromatic carbocycles. The van der Waals surface area contributed by atoms with Crippen LogP contribution in [0.5, 0.6) is 0 Å². The van der Waals surface area contributed by atoms with Gasteiger partial charge < -0.3 is 19.8 Å². The van der Waals surface area contributed by atoms with Crippen LogP contribution in [0.15, 0.2) is 73.1 Å². The molecule has 0 unspecified atom stereocenters. The Balaban J connectivity index is 1.30. The fourth-order valence-corrected chi connectivity index (χ4v) is 4.62. The molecule has 0 spiro atoms. The third-order valence-electron chi connectivity index (χ3n) is 6.17. The highest BCUT2D eigenvalue weighted by molar-refractivity contribution is 5.85. The lowest BCUT2D eigenvalue weighted by molar-refractivity contribution is -0.145. The first-order valence-electron chi connectivity index (χ1n) is 11.3. The zero-order valence-corrected chi connectivity index (χ0v) is 18.8. The fourth-order valence-electron chi connectivity index (χ4n) is 4.62. The lowest BCUT2D eigenvalue weighted by Crippen LogP contribution is -2.44. The Morgan fingerprint density at radius 2 is 1.71 bits per heavy atom. The van der Waals surface area contributed by atoms with Crippen LogP contribution >= 0.6 is 0 Å². The van der Waals surface area contributed by atoms with Crippen LogP contribution < -0.4 is 5.32 Å². The first kappa shape index (κ1) is 21.7. The number of fused-ring (bicyclic) bond motifs is 4. The maximum absolute atomic E-state index is 12.8. The molecule has 5 rings (SSSR count). The minimum Gasteiger partial charge on any atom is -0.464 e. The molecule has 1 amide bonds. The summed E-state index contributed by atoms with van der Waals surface area (Å²) in [5.41, 5.74) is 6.16. The van der Waals surface area contributed by atoms with Crippen LogP contribution in [-0.2, 0) is 20.7 Å². The van der Waals surface area contributed by atoms with E-state index in [1.54, 1.807) is 19.3 Å². The summed E-state index contributed by atoms with van der Waals surface area (Å²) in [4.78, 5) is 32.8. The summed E-state index contributed by atoms with van der Waals surface area (Å²) < 4.78 is 10.8. The van der Waals surface area contributed by atoms with Crippen molar-refractivity contribution < 1.29 is 19.1 Å². The monoisotopic (exact) mass is 455 g/mol. The highest BCUT2D eigenvalue weighted by Gasteiger charge is 2.30. The fraction of sp³-hybridized carbons (Fsp3) is 0.222. The van der Waals surface area contributed by atoms with Gasteiger partial charge >= 0.3 is 12.1 Å². The SMILES string of the molecule is CCOC(=O)[C@@H](Cc1c[nH]c2ncccc12)NC(=O)OCC1c2ccccc2-c2ccccc21. The van der Waals surface area contributed by atoms with Gasteiger partial charge in [-0.2, -0.15) is 0 Å². The smallest absolute Gasteiger partial charge is 0.407 e. The normalized spacial score (nSPS) is 13.2. The maximum Gasteiger partial charge on any atom is 0.407 e. The van der Waals surface area contributed by atoms with Crippen LogP contribution in [0.4, 0.5) is 4.79 Å². The summed E-state index contributed by atoms with van der Waals surface area (Å²) in [6.07, 6.45) is 3.09. The molecule has 7 heteroatoms. The third-order valence-corrected chi connectivity index (χ3v) is 6.17. The highest BCUT2D eigenvalue weighted by Crippen LogP contribution is 2.44. The van der Waals surface area contributed by atoms with Gasteiger partial charge in [0.15, 0.2) is 0 Å². The van der Waals surface area contributed by atoms with Crippen molar-refractivity contribution in [2.45, 2.75) is 25.3 Å². The van der Waals surface area contributed by atoms with E-state index in [2.05, 4.69) is 39.6 Å². The molecule has 172 valence electrons. The highest BCUT2D eigenvalue weighted by atomic mass is 16.6. The number of nitrogens with zero attached hydrogens (tertiary/aromatic N) is 1. The van der Waals surface area contributed by atoms with Crippen LogP contribution in [0.1, 0.15) is 29.5 Å². The number of aromatic amines is 1. The van der Waals surface area contributed by atoms with Crippen molar-refractivity contribution in [3.05, 3.63) is 89.7 Å². The van der Waals surface area contributed by atoms with Crippen LogP contribution in [0, 0.1) is 0 Å². The van der Waals surface area contributed by atoms with Crippen molar-refractivity contribution in [1.29, 1.82) is 0 Å². The van der Waals surface area contributed by atoms with Crippen LogP contribution in [0.2, 0.25) is 0 Å². The van der Waals surface area contributed by atoms with Crippen molar-refractivity contribution in [3.8, 4) is 11.1 Å². The molecular weight excluding hydrogens is 430 g/mol. The Labute approximate surface area is 197 Å². The second kappa shape index (κ2) is 9.39. The van der Waals surface area contributed by atoms with E-state index >= 15 is 0 Å². The number of hydrogen-bond acceptors (Lipinski definition) is 5. The van der Waals surface area contributed by atoms with E-state index in [0.29, 0.717) is 0 Å². The number of nitrogens with one attached hydrogen (secondary N) is 2. The van der Waals surface area contributed by atoms with Gasteiger partial charge in [0.25, 0.3) is 0 Å². The number of hydrogen-bond donors (Lipinski definition) is 2. The molecular formula is C27H25N3O4. The van der Waals surface area contributed by atoms with Gasteiger partial charge in [-0.3, -0.25) is 0 Å². The van der Waals surface area contributed by atoms with Crippen molar-refractivity contribution in [3.63, 3.8) is 0 Å². The largest absolute Gasteiger partial charge is 0.464 e. The summed E-state index contributed by atoms with van der Waals surface area (Å²) >= 11 is 0. The Bertz CT molecular complexity index is 1300. The molecule has 34 heavy (non-hydrogen) atoms. The van der Waals surface area contributed by atoms with E-state index in [1.807, 2.05) is 36.4 Å². The molecule has 7 nitrogen and oxygen atoms in total. The molecule has 2 heterocycles. The molecule has 1 aliphatic carbocycles. The molecule has 1 aliphatic rings. The van der Waals surface area contributed by atoms with E-state index in [9.17, 15) is 9.59 Å². The van der Waals surface area contributed by atoms with E-state index in [1.165, 1.54) is 0 Å². The minimum atomic E-state index is -0.880. The van der Waals surface area contributed by atoms with Crippen molar-refractivity contribution in [1.82, 2.24) is 15.3 Å². The van der Waals surface area contributed by atoms with E-state index in [0.717, 1.165) is 38.9 Å². The molecule has 0 saturated heterocycles. The number of rotatable bonds is 7. The van der Waals surface area contributed by atoms with Gasteiger partial charge in [0, 0.05) is 30.1 Å². The van der Waals surface area contributed by atoms with Crippen molar-refractivity contribution >= 4 is 23.1 Å². The molecule has 0 bridgehead atoms. The Morgan fingerprint density at radius 1 is 1.00 bits per heavy atom. The van der Waals surface area contributed by atoms with E-state index in [4.69, 9.17) is 9.47 Å². The summed E-state index contributed by atoms with van der Waals surface area (Å²) in [6, 6.07) is 19.2. The van der Waals surface area contributed by atoms with Crippen LogP contribution in [0.3, 0.4) is 0 Å². The standard InChI is InChI=1S/C27H25N3O4/c1-2-33-26(31)24(14-17-15-29-25-18(17)12-7-13-28-25)30-27(32)34-16-23-21-10-5-3-8-19(21)20-9-4-6-11-22(20)23/h3-13,15,23-24H,2,14,16H2,1H3,(H,28,29)(H,30,32)/t24-/m1/s1. The number of alkyl carbamates (subject to hydrolysis) is 1. The summed E-state index contributed by atoms with van der Waals surface area (Å²) in [6.45, 7) is 2.13. The summed E-state index contributed by atoms with van der Waals surface area (Å²) in [7, 11) is 0. The quantitative estimate of drug-likeness (QED) is 0.398. The second-order valence-corrected chi connectivity index (χ2v) is 8.19.